The Labute approximate surface area is 125 Å². The predicted molar refractivity (Wildman–Crippen MR) is 83.7 cm³/mol. The van der Waals surface area contributed by atoms with E-state index >= 15 is 0 Å². The summed E-state index contributed by atoms with van der Waals surface area (Å²) in [5.41, 5.74) is 0.777. The lowest BCUT2D eigenvalue weighted by atomic mass is 10.2. The lowest BCUT2D eigenvalue weighted by Crippen LogP contribution is -2.38. The molecule has 1 aromatic carbocycles. The molecule has 1 saturated heterocycles. The summed E-state index contributed by atoms with van der Waals surface area (Å²) >= 11 is 0. The lowest BCUT2D eigenvalue weighted by Gasteiger charge is -2.24. The van der Waals surface area contributed by atoms with Crippen molar-refractivity contribution in [2.75, 3.05) is 33.7 Å². The third-order valence-electron chi connectivity index (χ3n) is 4.31. The second kappa shape index (κ2) is 6.00. The van der Waals surface area contributed by atoms with Gasteiger partial charge in [-0.3, -0.25) is 9.69 Å². The molecule has 0 bridgehead atoms. The fraction of sp³-hybridized carbons (Fsp3) is 0.471. The summed E-state index contributed by atoms with van der Waals surface area (Å²) in [5, 5.41) is 0.985. The summed E-state index contributed by atoms with van der Waals surface area (Å²) in [6.45, 7) is 2.50. The molecule has 3 rings (SSSR count). The molecule has 1 aromatic heterocycles. The van der Waals surface area contributed by atoms with E-state index in [9.17, 15) is 4.79 Å². The van der Waals surface area contributed by atoms with Crippen LogP contribution in [0, 0.1) is 0 Å². The topological polar surface area (TPSA) is 36.7 Å². The van der Waals surface area contributed by atoms with Crippen molar-refractivity contribution in [1.82, 2.24) is 9.80 Å². The number of likely N-dealkylation sites (tertiary alicyclic amines) is 1. The van der Waals surface area contributed by atoms with E-state index in [0.717, 1.165) is 24.1 Å². The van der Waals surface area contributed by atoms with Crippen LogP contribution in [0.25, 0.3) is 11.0 Å². The molecule has 0 saturated carbocycles. The van der Waals surface area contributed by atoms with Crippen molar-refractivity contribution < 1.29 is 9.21 Å². The van der Waals surface area contributed by atoms with Gasteiger partial charge in [0.2, 0.25) is 5.78 Å². The van der Waals surface area contributed by atoms with E-state index < -0.39 is 0 Å². The highest BCUT2D eigenvalue weighted by Gasteiger charge is 2.23. The van der Waals surface area contributed by atoms with Gasteiger partial charge in [0.1, 0.15) is 5.58 Å². The average molecular weight is 286 g/mol. The standard InChI is InChI=1S/C17H22N2O2/c1-18(11-14-7-5-9-19(14)2)12-15(20)17-10-13-6-3-4-8-16(13)21-17/h3-4,6,8,10,14H,5,7,9,11-12H2,1-2H3. The van der Waals surface area contributed by atoms with Gasteiger partial charge in [-0.05, 0) is 45.6 Å². The van der Waals surface area contributed by atoms with Crippen LogP contribution in [0.5, 0.6) is 0 Å². The molecule has 1 unspecified atom stereocenters. The van der Waals surface area contributed by atoms with Crippen LogP contribution in [0.1, 0.15) is 23.4 Å². The van der Waals surface area contributed by atoms with E-state index in [1.54, 1.807) is 0 Å². The highest BCUT2D eigenvalue weighted by Crippen LogP contribution is 2.20. The van der Waals surface area contributed by atoms with E-state index in [-0.39, 0.29) is 5.78 Å². The molecule has 0 N–H and O–H groups in total. The first-order valence-electron chi connectivity index (χ1n) is 7.54. The minimum Gasteiger partial charge on any atom is -0.453 e. The second-order valence-electron chi connectivity index (χ2n) is 6.05. The Kier molecular flexibility index (Phi) is 4.08. The molecule has 0 aliphatic carbocycles. The number of nitrogens with zero attached hydrogens (tertiary/aromatic N) is 2. The molecular formula is C17H22N2O2. The highest BCUT2D eigenvalue weighted by molar-refractivity contribution is 5.98. The Morgan fingerprint density at radius 1 is 1.43 bits per heavy atom. The monoisotopic (exact) mass is 286 g/mol. The number of furan rings is 1. The van der Waals surface area contributed by atoms with Gasteiger partial charge in [-0.25, -0.2) is 0 Å². The summed E-state index contributed by atoms with van der Waals surface area (Å²) in [6.07, 6.45) is 2.48. The van der Waals surface area contributed by atoms with Gasteiger partial charge in [0.25, 0.3) is 0 Å². The summed E-state index contributed by atoms with van der Waals surface area (Å²) in [5.74, 6) is 0.511. The minimum atomic E-state index is 0.0503. The number of hydrogen-bond donors (Lipinski definition) is 0. The number of carbonyl (C=O) groups excluding carboxylic acids is 1. The molecule has 4 heteroatoms. The summed E-state index contributed by atoms with van der Waals surface area (Å²) in [4.78, 5) is 16.8. The summed E-state index contributed by atoms with van der Waals surface area (Å²) in [7, 11) is 4.17. The van der Waals surface area contributed by atoms with Crippen LogP contribution >= 0.6 is 0 Å². The van der Waals surface area contributed by atoms with Crippen LogP contribution in [-0.4, -0.2) is 55.4 Å². The number of Topliss-reactive ketones (excluding diaryl/α,β-unsaturated/α-hetero) is 1. The van der Waals surface area contributed by atoms with E-state index in [1.807, 2.05) is 37.4 Å². The van der Waals surface area contributed by atoms with Crippen LogP contribution in [-0.2, 0) is 0 Å². The van der Waals surface area contributed by atoms with E-state index in [1.165, 1.54) is 12.8 Å². The number of rotatable bonds is 5. The SMILES string of the molecule is CN(CC(=O)c1cc2ccccc2o1)CC1CCCN1C. The van der Waals surface area contributed by atoms with Crippen molar-refractivity contribution >= 4 is 16.8 Å². The summed E-state index contributed by atoms with van der Waals surface area (Å²) in [6, 6.07) is 10.1. The number of para-hydroxylation sites is 1. The van der Waals surface area contributed by atoms with Crippen LogP contribution in [0.3, 0.4) is 0 Å². The fourth-order valence-corrected chi connectivity index (χ4v) is 3.08. The van der Waals surface area contributed by atoms with Crippen molar-refractivity contribution in [3.05, 3.63) is 36.1 Å². The zero-order valence-corrected chi connectivity index (χ0v) is 12.7. The van der Waals surface area contributed by atoms with E-state index in [2.05, 4.69) is 16.8 Å². The molecule has 2 aromatic rings. The maximum absolute atomic E-state index is 12.3. The lowest BCUT2D eigenvalue weighted by molar-refractivity contribution is 0.0907. The van der Waals surface area contributed by atoms with Gasteiger partial charge in [0, 0.05) is 18.0 Å². The second-order valence-corrected chi connectivity index (χ2v) is 6.05. The van der Waals surface area contributed by atoms with Crippen LogP contribution < -0.4 is 0 Å². The van der Waals surface area contributed by atoms with Crippen molar-refractivity contribution in [2.24, 2.45) is 0 Å². The fourth-order valence-electron chi connectivity index (χ4n) is 3.08. The van der Waals surface area contributed by atoms with Gasteiger partial charge < -0.3 is 9.32 Å². The van der Waals surface area contributed by atoms with Crippen molar-refractivity contribution in [3.63, 3.8) is 0 Å². The van der Waals surface area contributed by atoms with Gasteiger partial charge in [-0.15, -0.1) is 0 Å². The Bertz CT molecular complexity index is 602. The summed E-state index contributed by atoms with van der Waals surface area (Å²) < 4.78 is 5.64. The molecule has 1 aliphatic heterocycles. The maximum Gasteiger partial charge on any atom is 0.211 e. The molecule has 1 atom stereocenters. The van der Waals surface area contributed by atoms with E-state index in [0.29, 0.717) is 18.3 Å². The molecule has 0 radical (unpaired) electrons. The number of benzene rings is 1. The van der Waals surface area contributed by atoms with Crippen molar-refractivity contribution in [3.8, 4) is 0 Å². The first-order valence-corrected chi connectivity index (χ1v) is 7.54. The smallest absolute Gasteiger partial charge is 0.211 e. The molecule has 0 spiro atoms. The largest absolute Gasteiger partial charge is 0.453 e. The van der Waals surface area contributed by atoms with Crippen molar-refractivity contribution in [1.29, 1.82) is 0 Å². The highest BCUT2D eigenvalue weighted by atomic mass is 16.3. The number of likely N-dealkylation sites (N-methyl/N-ethyl adjacent to an activating group) is 2. The first-order chi connectivity index (χ1) is 10.1. The zero-order chi connectivity index (χ0) is 14.8. The van der Waals surface area contributed by atoms with Crippen LogP contribution in [0.2, 0.25) is 0 Å². The molecule has 112 valence electrons. The van der Waals surface area contributed by atoms with Crippen LogP contribution in [0.15, 0.2) is 34.7 Å². The van der Waals surface area contributed by atoms with Crippen LogP contribution in [0.4, 0.5) is 0 Å². The van der Waals surface area contributed by atoms with E-state index in [4.69, 9.17) is 4.42 Å². The molecular weight excluding hydrogens is 264 g/mol. The molecule has 21 heavy (non-hydrogen) atoms. The zero-order valence-electron chi connectivity index (χ0n) is 12.7. The van der Waals surface area contributed by atoms with Crippen molar-refractivity contribution in [2.45, 2.75) is 18.9 Å². The predicted octanol–water partition coefficient (Wildman–Crippen LogP) is 2.64. The molecule has 2 heterocycles. The molecule has 4 nitrogen and oxygen atoms in total. The Morgan fingerprint density at radius 2 is 2.24 bits per heavy atom. The van der Waals surface area contributed by atoms with Gasteiger partial charge >= 0.3 is 0 Å². The quantitative estimate of drug-likeness (QED) is 0.792. The van der Waals surface area contributed by atoms with Gasteiger partial charge in [-0.1, -0.05) is 18.2 Å². The Morgan fingerprint density at radius 3 is 2.95 bits per heavy atom. The molecule has 1 fully saturated rings. The molecule has 1 aliphatic rings. The van der Waals surface area contributed by atoms with Gasteiger partial charge in [-0.2, -0.15) is 0 Å². The van der Waals surface area contributed by atoms with Gasteiger partial charge in [0.15, 0.2) is 5.76 Å². The Hall–Kier alpha value is -1.65. The number of carbonyl (C=O) groups is 1. The first kappa shape index (κ1) is 14.3. The number of hydrogen-bond acceptors (Lipinski definition) is 4. The number of ketones is 1. The third-order valence-corrected chi connectivity index (χ3v) is 4.31. The molecule has 0 amide bonds. The third kappa shape index (κ3) is 3.17. The number of fused-ring (bicyclic) bond motifs is 1. The Balaban J connectivity index is 1.62. The minimum absolute atomic E-state index is 0.0503. The van der Waals surface area contributed by atoms with Gasteiger partial charge in [0.05, 0.1) is 6.54 Å². The average Bonchev–Trinajstić information content (AvgIpc) is 3.05. The normalized spacial score (nSPS) is 19.7. The maximum atomic E-state index is 12.3.